The Morgan fingerprint density at radius 3 is 2.27 bits per heavy atom. The van der Waals surface area contributed by atoms with Crippen molar-refractivity contribution in [3.8, 4) is 10.7 Å². The van der Waals surface area contributed by atoms with Crippen LogP contribution in [0.5, 0.6) is 0 Å². The van der Waals surface area contributed by atoms with Crippen molar-refractivity contribution in [3.63, 3.8) is 0 Å². The van der Waals surface area contributed by atoms with Crippen molar-refractivity contribution in [2.45, 2.75) is 63.8 Å². The minimum absolute atomic E-state index is 0.0485. The number of halogens is 7. The molecule has 0 bridgehead atoms. The molecule has 0 N–H and O–H groups in total. The first kappa shape index (κ1) is 30.3. The van der Waals surface area contributed by atoms with Gasteiger partial charge in [-0.15, -0.1) is 10.2 Å². The van der Waals surface area contributed by atoms with Crippen molar-refractivity contribution in [3.05, 3.63) is 92.2 Å². The van der Waals surface area contributed by atoms with E-state index in [0.717, 1.165) is 41.6 Å². The summed E-state index contributed by atoms with van der Waals surface area (Å²) in [4.78, 5) is 16.9. The van der Waals surface area contributed by atoms with Crippen LogP contribution in [0.2, 0.25) is 0 Å². The van der Waals surface area contributed by atoms with E-state index in [4.69, 9.17) is 0 Å². The summed E-state index contributed by atoms with van der Waals surface area (Å²) >= 11 is 0.256. The van der Waals surface area contributed by atoms with Gasteiger partial charge in [0.2, 0.25) is 5.01 Å². The number of aryl methyl sites for hydroxylation is 1. The Bertz CT molecular complexity index is 1520. The predicted octanol–water partition coefficient (Wildman–Crippen LogP) is 7.42. The molecule has 0 aliphatic heterocycles. The van der Waals surface area contributed by atoms with Crippen LogP contribution >= 0.6 is 11.3 Å². The molecule has 0 unspecified atom stereocenters. The summed E-state index contributed by atoms with van der Waals surface area (Å²) in [5.41, 5.74) is -0.811. The SMILES string of the molecule is Cc1cccc(F)c1.O=c1c(C2CCCCC2)cc(-c2nnc(C(F)(F)F)s2)nn1Cc1ncccc1C(F)(F)F. The van der Waals surface area contributed by atoms with E-state index < -0.39 is 40.7 Å². The maximum Gasteiger partial charge on any atom is 0.445 e. The molecule has 41 heavy (non-hydrogen) atoms. The zero-order valence-corrected chi connectivity index (χ0v) is 22.5. The first-order valence-electron chi connectivity index (χ1n) is 12.6. The van der Waals surface area contributed by atoms with Gasteiger partial charge < -0.3 is 0 Å². The molecular formula is C27H24F7N5OS. The molecule has 1 fully saturated rings. The number of hydrogen-bond acceptors (Lipinski definition) is 6. The monoisotopic (exact) mass is 599 g/mol. The van der Waals surface area contributed by atoms with Gasteiger partial charge in [-0.1, -0.05) is 42.7 Å². The molecule has 1 saturated carbocycles. The van der Waals surface area contributed by atoms with Gasteiger partial charge in [0.1, 0.15) is 11.5 Å². The second kappa shape index (κ2) is 12.5. The fraction of sp³-hybridized carbons (Fsp3) is 0.370. The molecule has 5 rings (SSSR count). The molecular weight excluding hydrogens is 575 g/mol. The lowest BCUT2D eigenvalue weighted by atomic mass is 9.84. The smallest absolute Gasteiger partial charge is 0.267 e. The molecule has 218 valence electrons. The first-order valence-corrected chi connectivity index (χ1v) is 13.4. The van der Waals surface area contributed by atoms with E-state index in [1.165, 1.54) is 24.4 Å². The van der Waals surface area contributed by atoms with E-state index in [1.807, 2.05) is 13.0 Å². The second-order valence-electron chi connectivity index (χ2n) is 9.49. The molecule has 4 aromatic rings. The lowest BCUT2D eigenvalue weighted by molar-refractivity contribution is -0.139. The van der Waals surface area contributed by atoms with E-state index in [9.17, 15) is 35.5 Å². The molecule has 3 heterocycles. The second-order valence-corrected chi connectivity index (χ2v) is 10.5. The summed E-state index contributed by atoms with van der Waals surface area (Å²) in [5, 5.41) is 9.39. The summed E-state index contributed by atoms with van der Waals surface area (Å²) in [6.07, 6.45) is -4.10. The number of benzene rings is 1. The summed E-state index contributed by atoms with van der Waals surface area (Å²) in [7, 11) is 0. The van der Waals surface area contributed by atoms with Gasteiger partial charge in [0.05, 0.1) is 17.8 Å². The number of alkyl halides is 6. The van der Waals surface area contributed by atoms with Crippen LogP contribution in [0.25, 0.3) is 10.7 Å². The summed E-state index contributed by atoms with van der Waals surface area (Å²) in [6, 6.07) is 9.87. The van der Waals surface area contributed by atoms with Crippen LogP contribution in [0.1, 0.15) is 65.4 Å². The molecule has 0 saturated heterocycles. The third-order valence-electron chi connectivity index (χ3n) is 6.41. The zero-order chi connectivity index (χ0) is 29.8. The Labute approximate surface area is 233 Å². The van der Waals surface area contributed by atoms with Gasteiger partial charge in [-0.25, -0.2) is 9.07 Å². The van der Waals surface area contributed by atoms with Crippen LogP contribution in [0.15, 0.2) is 53.5 Å². The minimum Gasteiger partial charge on any atom is -0.267 e. The Morgan fingerprint density at radius 2 is 1.68 bits per heavy atom. The molecule has 0 atom stereocenters. The number of rotatable bonds is 4. The molecule has 1 aliphatic carbocycles. The van der Waals surface area contributed by atoms with E-state index in [2.05, 4.69) is 20.3 Å². The van der Waals surface area contributed by atoms with Crippen LogP contribution in [0.4, 0.5) is 30.7 Å². The number of nitrogens with zero attached hydrogens (tertiary/aromatic N) is 5. The van der Waals surface area contributed by atoms with Crippen LogP contribution in [0.3, 0.4) is 0 Å². The van der Waals surface area contributed by atoms with Crippen LogP contribution < -0.4 is 5.56 Å². The van der Waals surface area contributed by atoms with Crippen LogP contribution in [0, 0.1) is 12.7 Å². The van der Waals surface area contributed by atoms with E-state index in [-0.39, 0.29) is 33.8 Å². The normalized spacial score (nSPS) is 14.4. The standard InChI is InChI=1S/C20H17F6N5OS.C7H7F/c21-19(22,23)13-7-4-8-27-15(13)10-31-17(32)12(11-5-2-1-3-6-11)9-14(30-31)16-28-29-18(33-16)20(24,25)26;1-6-3-2-4-7(8)5-6/h4,7-9,11H,1-3,5-6,10H2;2-5H,1H3. The first-order chi connectivity index (χ1) is 19.3. The quantitative estimate of drug-likeness (QED) is 0.228. The minimum atomic E-state index is -4.70. The van der Waals surface area contributed by atoms with Gasteiger partial charge in [0.25, 0.3) is 5.56 Å². The largest absolute Gasteiger partial charge is 0.445 e. The Kier molecular flexibility index (Phi) is 9.20. The van der Waals surface area contributed by atoms with Gasteiger partial charge in [0.15, 0.2) is 5.01 Å². The van der Waals surface area contributed by atoms with Gasteiger partial charge in [0, 0.05) is 11.8 Å². The molecule has 0 amide bonds. The van der Waals surface area contributed by atoms with Crippen LogP contribution in [-0.2, 0) is 18.9 Å². The third-order valence-corrected chi connectivity index (χ3v) is 7.40. The molecule has 3 aromatic heterocycles. The highest BCUT2D eigenvalue weighted by Crippen LogP contribution is 2.36. The van der Waals surface area contributed by atoms with Crippen molar-refractivity contribution >= 4 is 11.3 Å². The molecule has 0 spiro atoms. The highest BCUT2D eigenvalue weighted by molar-refractivity contribution is 7.14. The van der Waals surface area contributed by atoms with E-state index in [0.29, 0.717) is 18.4 Å². The highest BCUT2D eigenvalue weighted by Gasteiger charge is 2.37. The van der Waals surface area contributed by atoms with Crippen molar-refractivity contribution in [1.29, 1.82) is 0 Å². The van der Waals surface area contributed by atoms with Crippen LogP contribution in [-0.4, -0.2) is 25.0 Å². The van der Waals surface area contributed by atoms with E-state index >= 15 is 0 Å². The van der Waals surface area contributed by atoms with Gasteiger partial charge in [-0.3, -0.25) is 9.78 Å². The van der Waals surface area contributed by atoms with Crippen molar-refractivity contribution < 1.29 is 30.7 Å². The fourth-order valence-corrected chi connectivity index (χ4v) is 5.16. The summed E-state index contributed by atoms with van der Waals surface area (Å²) in [6.45, 7) is 1.27. The Hall–Kier alpha value is -3.68. The topological polar surface area (TPSA) is 73.6 Å². The molecule has 14 heteroatoms. The fourth-order valence-electron chi connectivity index (χ4n) is 4.49. The molecule has 0 radical (unpaired) electrons. The zero-order valence-electron chi connectivity index (χ0n) is 21.6. The molecule has 6 nitrogen and oxygen atoms in total. The average Bonchev–Trinajstić information content (AvgIpc) is 3.42. The lowest BCUT2D eigenvalue weighted by Gasteiger charge is -2.22. The van der Waals surface area contributed by atoms with Crippen molar-refractivity contribution in [2.24, 2.45) is 0 Å². The predicted molar refractivity (Wildman–Crippen MR) is 138 cm³/mol. The Morgan fingerprint density at radius 1 is 0.951 bits per heavy atom. The summed E-state index contributed by atoms with van der Waals surface area (Å²) in [5.74, 6) is -0.329. The number of pyridine rings is 1. The summed E-state index contributed by atoms with van der Waals surface area (Å²) < 4.78 is 92.2. The third kappa shape index (κ3) is 7.75. The average molecular weight is 600 g/mol. The van der Waals surface area contributed by atoms with Crippen molar-refractivity contribution in [2.75, 3.05) is 0 Å². The number of aromatic nitrogens is 5. The molecule has 1 aromatic carbocycles. The lowest BCUT2D eigenvalue weighted by Crippen LogP contribution is -2.30. The van der Waals surface area contributed by atoms with Gasteiger partial charge in [-0.05, 0) is 61.6 Å². The van der Waals surface area contributed by atoms with Crippen molar-refractivity contribution in [1.82, 2.24) is 25.0 Å². The molecule has 1 aliphatic rings. The maximum absolute atomic E-state index is 13.4. The maximum atomic E-state index is 13.4. The van der Waals surface area contributed by atoms with Gasteiger partial charge >= 0.3 is 12.4 Å². The van der Waals surface area contributed by atoms with Gasteiger partial charge in [-0.2, -0.15) is 31.4 Å². The highest BCUT2D eigenvalue weighted by atomic mass is 32.1. The number of hydrogen-bond donors (Lipinski definition) is 0. The Balaban J connectivity index is 0.000000417. The van der Waals surface area contributed by atoms with E-state index in [1.54, 1.807) is 6.07 Å².